The Labute approximate surface area is 105 Å². The van der Waals surface area contributed by atoms with E-state index in [4.69, 9.17) is 5.73 Å². The summed E-state index contributed by atoms with van der Waals surface area (Å²) in [5.41, 5.74) is 7.22. The van der Waals surface area contributed by atoms with Crippen molar-refractivity contribution < 1.29 is 0 Å². The van der Waals surface area contributed by atoms with E-state index in [1.165, 1.54) is 22.5 Å². The molecule has 2 N–H and O–H groups in total. The summed E-state index contributed by atoms with van der Waals surface area (Å²) in [5.74, 6) is 0.502. The fraction of sp³-hybridized carbons (Fsp3) is 0.417. The molecule has 16 heavy (non-hydrogen) atoms. The Morgan fingerprint density at radius 3 is 2.75 bits per heavy atom. The molecule has 1 aromatic heterocycles. The first-order valence-corrected chi connectivity index (χ1v) is 6.27. The summed E-state index contributed by atoms with van der Waals surface area (Å²) in [5, 5.41) is 1.24. The zero-order chi connectivity index (χ0) is 10.3. The maximum Gasteiger partial charge on any atom is 0.0984 e. The van der Waals surface area contributed by atoms with Crippen LogP contribution in [-0.2, 0) is 0 Å². The van der Waals surface area contributed by atoms with Crippen molar-refractivity contribution in [2.45, 2.75) is 31.2 Å². The Morgan fingerprint density at radius 2 is 2.06 bits per heavy atom. The van der Waals surface area contributed by atoms with E-state index < -0.39 is 0 Å². The van der Waals surface area contributed by atoms with Crippen LogP contribution in [-0.4, -0.2) is 11.0 Å². The molecule has 2 atom stereocenters. The summed E-state index contributed by atoms with van der Waals surface area (Å²) in [4.78, 5) is 4.68. The van der Waals surface area contributed by atoms with Gasteiger partial charge in [-0.1, -0.05) is 18.6 Å². The van der Waals surface area contributed by atoms with Gasteiger partial charge in [0.15, 0.2) is 0 Å². The summed E-state index contributed by atoms with van der Waals surface area (Å²) in [7, 11) is 0. The van der Waals surface area contributed by atoms with Gasteiger partial charge in [-0.05, 0) is 25.0 Å². The lowest BCUT2D eigenvalue weighted by Crippen LogP contribution is -2.22. The second-order valence-electron chi connectivity index (χ2n) is 4.22. The maximum atomic E-state index is 6.10. The number of rotatable bonds is 1. The fourth-order valence-corrected chi connectivity index (χ4v) is 3.52. The molecule has 86 valence electrons. The molecule has 3 rings (SSSR count). The highest BCUT2D eigenvalue weighted by Gasteiger charge is 2.27. The molecule has 4 heteroatoms. The number of aromatic nitrogens is 1. The number of hydrogen-bond acceptors (Lipinski definition) is 3. The summed E-state index contributed by atoms with van der Waals surface area (Å²) < 4.78 is 1.28. The molecule has 0 unspecified atom stereocenters. The third-order valence-corrected chi connectivity index (χ3v) is 4.37. The number of benzene rings is 1. The van der Waals surface area contributed by atoms with Crippen molar-refractivity contribution in [2.24, 2.45) is 5.73 Å². The van der Waals surface area contributed by atoms with Gasteiger partial charge in [0.1, 0.15) is 0 Å². The minimum atomic E-state index is 0. The van der Waals surface area contributed by atoms with Gasteiger partial charge in [0, 0.05) is 12.0 Å². The number of hydrogen-bond donors (Lipinski definition) is 1. The lowest BCUT2D eigenvalue weighted by Gasteiger charge is -2.10. The average molecular weight is 255 g/mol. The van der Waals surface area contributed by atoms with E-state index in [9.17, 15) is 0 Å². The van der Waals surface area contributed by atoms with Gasteiger partial charge in [0.25, 0.3) is 0 Å². The fourth-order valence-electron chi connectivity index (χ4n) is 2.34. The van der Waals surface area contributed by atoms with Gasteiger partial charge in [-0.25, -0.2) is 4.98 Å². The molecule has 0 aliphatic heterocycles. The molecule has 0 radical (unpaired) electrons. The summed E-state index contributed by atoms with van der Waals surface area (Å²) in [6, 6.07) is 8.65. The minimum absolute atomic E-state index is 0. The van der Waals surface area contributed by atoms with Gasteiger partial charge in [-0.2, -0.15) is 0 Å². The van der Waals surface area contributed by atoms with Crippen molar-refractivity contribution in [2.75, 3.05) is 0 Å². The van der Waals surface area contributed by atoms with Crippen molar-refractivity contribution in [1.82, 2.24) is 4.98 Å². The zero-order valence-corrected chi connectivity index (χ0v) is 10.6. The molecule has 1 fully saturated rings. The summed E-state index contributed by atoms with van der Waals surface area (Å²) >= 11 is 1.81. The van der Waals surface area contributed by atoms with E-state index in [1.807, 2.05) is 17.4 Å². The molecule has 1 aliphatic carbocycles. The van der Waals surface area contributed by atoms with Crippen LogP contribution < -0.4 is 5.73 Å². The third kappa shape index (κ3) is 1.95. The first-order valence-electron chi connectivity index (χ1n) is 5.45. The van der Waals surface area contributed by atoms with Crippen LogP contribution in [0.3, 0.4) is 0 Å². The summed E-state index contributed by atoms with van der Waals surface area (Å²) in [6.45, 7) is 0. The van der Waals surface area contributed by atoms with E-state index in [2.05, 4.69) is 23.2 Å². The second kappa shape index (κ2) is 4.70. The quantitative estimate of drug-likeness (QED) is 0.848. The number of para-hydroxylation sites is 1. The molecule has 2 aromatic rings. The number of halogens is 1. The molecular formula is C12H15ClN2S. The molecule has 2 nitrogen and oxygen atoms in total. The second-order valence-corrected chi connectivity index (χ2v) is 5.28. The van der Waals surface area contributed by atoms with Crippen LogP contribution in [0.1, 0.15) is 30.2 Å². The van der Waals surface area contributed by atoms with Crippen LogP contribution >= 0.6 is 23.7 Å². The Balaban J connectivity index is 0.000000963. The molecule has 0 spiro atoms. The van der Waals surface area contributed by atoms with E-state index in [0.717, 1.165) is 11.9 Å². The number of fused-ring (bicyclic) bond motifs is 1. The Bertz CT molecular complexity index is 450. The largest absolute Gasteiger partial charge is 0.327 e. The molecule has 1 heterocycles. The smallest absolute Gasteiger partial charge is 0.0984 e. The van der Waals surface area contributed by atoms with Gasteiger partial charge in [0.2, 0.25) is 0 Å². The van der Waals surface area contributed by atoms with Crippen LogP contribution in [0, 0.1) is 0 Å². The lowest BCUT2D eigenvalue weighted by atomic mass is 10.1. The predicted octanol–water partition coefficient (Wildman–Crippen LogP) is 3.31. The first kappa shape index (κ1) is 11.8. The molecule has 0 saturated heterocycles. The standard InChI is InChI=1S/C12H14N2S.ClH/c13-9-5-3-4-8(9)12-14-10-6-1-2-7-11(10)15-12;/h1-2,6-9H,3-5,13H2;1H/t8-,9+;/m0./s1. The Morgan fingerprint density at radius 1 is 1.25 bits per heavy atom. The van der Waals surface area contributed by atoms with E-state index in [-0.39, 0.29) is 12.4 Å². The van der Waals surface area contributed by atoms with Gasteiger partial charge in [-0.15, -0.1) is 23.7 Å². The number of thiazole rings is 1. The van der Waals surface area contributed by atoms with Crippen LogP contribution in [0.4, 0.5) is 0 Å². The number of nitrogens with two attached hydrogens (primary N) is 1. The van der Waals surface area contributed by atoms with Crippen molar-refractivity contribution >= 4 is 34.0 Å². The highest BCUT2D eigenvalue weighted by Crippen LogP contribution is 2.37. The first-order chi connectivity index (χ1) is 7.34. The average Bonchev–Trinajstić information content (AvgIpc) is 2.82. The predicted molar refractivity (Wildman–Crippen MR) is 71.4 cm³/mol. The third-order valence-electron chi connectivity index (χ3n) is 3.20. The molecule has 1 aliphatic rings. The SMILES string of the molecule is Cl.N[C@@H]1CCC[C@@H]1c1nc2ccccc2s1. The monoisotopic (exact) mass is 254 g/mol. The van der Waals surface area contributed by atoms with Crippen LogP contribution in [0.25, 0.3) is 10.2 Å². The van der Waals surface area contributed by atoms with Crippen molar-refractivity contribution in [3.8, 4) is 0 Å². The van der Waals surface area contributed by atoms with Gasteiger partial charge in [-0.3, -0.25) is 0 Å². The van der Waals surface area contributed by atoms with Crippen molar-refractivity contribution in [1.29, 1.82) is 0 Å². The molecular weight excluding hydrogens is 240 g/mol. The minimum Gasteiger partial charge on any atom is -0.327 e. The maximum absolute atomic E-state index is 6.10. The van der Waals surface area contributed by atoms with E-state index in [1.54, 1.807) is 0 Å². The number of nitrogens with zero attached hydrogens (tertiary/aromatic N) is 1. The van der Waals surface area contributed by atoms with E-state index in [0.29, 0.717) is 12.0 Å². The van der Waals surface area contributed by atoms with Gasteiger partial charge >= 0.3 is 0 Å². The molecule has 0 bridgehead atoms. The Kier molecular flexibility index (Phi) is 3.47. The lowest BCUT2D eigenvalue weighted by molar-refractivity contribution is 0.611. The highest BCUT2D eigenvalue weighted by molar-refractivity contribution is 7.18. The molecule has 1 aromatic carbocycles. The highest BCUT2D eigenvalue weighted by atomic mass is 35.5. The van der Waals surface area contributed by atoms with Crippen molar-refractivity contribution in [3.63, 3.8) is 0 Å². The van der Waals surface area contributed by atoms with Gasteiger partial charge < -0.3 is 5.73 Å². The van der Waals surface area contributed by atoms with E-state index >= 15 is 0 Å². The summed E-state index contributed by atoms with van der Waals surface area (Å²) in [6.07, 6.45) is 3.61. The van der Waals surface area contributed by atoms with Crippen molar-refractivity contribution in [3.05, 3.63) is 29.3 Å². The molecule has 1 saturated carbocycles. The van der Waals surface area contributed by atoms with Gasteiger partial charge in [0.05, 0.1) is 15.2 Å². The van der Waals surface area contributed by atoms with Crippen LogP contribution in [0.15, 0.2) is 24.3 Å². The topological polar surface area (TPSA) is 38.9 Å². The van der Waals surface area contributed by atoms with Crippen LogP contribution in [0.5, 0.6) is 0 Å². The molecule has 0 amide bonds. The normalized spacial score (nSPS) is 24.6. The zero-order valence-electron chi connectivity index (χ0n) is 8.93. The van der Waals surface area contributed by atoms with Crippen LogP contribution in [0.2, 0.25) is 0 Å². The Hall–Kier alpha value is -0.640.